The number of nitrogens with zero attached hydrogens (tertiary/aromatic N) is 1. The summed E-state index contributed by atoms with van der Waals surface area (Å²) >= 11 is -2.28. The summed E-state index contributed by atoms with van der Waals surface area (Å²) in [4.78, 5) is 10.5. The molecule has 5 nitrogen and oxygen atoms in total. The molecule has 0 heterocycles. The van der Waals surface area contributed by atoms with Crippen LogP contribution in [0.25, 0.3) is 0 Å². The van der Waals surface area contributed by atoms with Gasteiger partial charge in [-0.3, -0.25) is 9.35 Å². The minimum atomic E-state index is -2.28. The van der Waals surface area contributed by atoms with Crippen LogP contribution in [0.1, 0.15) is 16.7 Å². The lowest BCUT2D eigenvalue weighted by molar-refractivity contribution is -0.137. The molecule has 1 unspecified atom stereocenters. The van der Waals surface area contributed by atoms with E-state index in [1.165, 1.54) is 0 Å². The number of hydrogen-bond donors (Lipinski definition) is 2. The summed E-state index contributed by atoms with van der Waals surface area (Å²) in [6, 6.07) is 5.62. The molecule has 94 valence electrons. The summed E-state index contributed by atoms with van der Waals surface area (Å²) < 4.78 is 20.9. The maximum absolute atomic E-state index is 11.0. The Balaban J connectivity index is 2.82. The van der Waals surface area contributed by atoms with Crippen molar-refractivity contribution in [2.75, 3.05) is 6.54 Å². The van der Waals surface area contributed by atoms with E-state index in [-0.39, 0.29) is 6.54 Å². The molecule has 0 spiro atoms. The van der Waals surface area contributed by atoms with Crippen molar-refractivity contribution in [3.63, 3.8) is 0 Å². The largest absolute Gasteiger partial charge is 0.480 e. The molecule has 6 heteroatoms. The summed E-state index contributed by atoms with van der Waals surface area (Å²) in [5, 5.41) is 8.62. The van der Waals surface area contributed by atoms with Crippen molar-refractivity contribution in [3.05, 3.63) is 34.9 Å². The molecule has 0 saturated heterocycles. The second kappa shape index (κ2) is 5.90. The normalized spacial score (nSPS) is 12.7. The van der Waals surface area contributed by atoms with Crippen LogP contribution in [0.2, 0.25) is 0 Å². The van der Waals surface area contributed by atoms with E-state index in [2.05, 4.69) is 0 Å². The lowest BCUT2D eigenvalue weighted by atomic mass is 10.1. The number of aliphatic carboxylic acids is 1. The van der Waals surface area contributed by atoms with Crippen molar-refractivity contribution in [2.24, 2.45) is 0 Å². The van der Waals surface area contributed by atoms with Crippen LogP contribution in [0.4, 0.5) is 0 Å². The van der Waals surface area contributed by atoms with Crippen LogP contribution in [0.15, 0.2) is 18.2 Å². The summed E-state index contributed by atoms with van der Waals surface area (Å²) in [7, 11) is 0. The summed E-state index contributed by atoms with van der Waals surface area (Å²) in [6.45, 7) is 3.58. The van der Waals surface area contributed by atoms with Crippen LogP contribution in [0.3, 0.4) is 0 Å². The van der Waals surface area contributed by atoms with Crippen LogP contribution >= 0.6 is 0 Å². The SMILES string of the molecule is Cc1ccc(CN(CC(=O)O)S(=O)O)cc1C. The zero-order chi connectivity index (χ0) is 13.0. The van der Waals surface area contributed by atoms with Gasteiger partial charge >= 0.3 is 5.97 Å². The average molecular weight is 257 g/mol. The molecule has 0 aliphatic heterocycles. The fourth-order valence-corrected chi connectivity index (χ4v) is 1.90. The van der Waals surface area contributed by atoms with Gasteiger partial charge in [0.1, 0.15) is 6.54 Å². The van der Waals surface area contributed by atoms with Crippen molar-refractivity contribution >= 4 is 17.2 Å². The highest BCUT2D eigenvalue weighted by Gasteiger charge is 2.15. The molecule has 0 amide bonds. The van der Waals surface area contributed by atoms with Crippen molar-refractivity contribution in [3.8, 4) is 0 Å². The first-order valence-electron chi connectivity index (χ1n) is 5.04. The minimum Gasteiger partial charge on any atom is -0.480 e. The Bertz CT molecular complexity index is 447. The molecule has 0 bridgehead atoms. The van der Waals surface area contributed by atoms with E-state index in [1.54, 1.807) is 0 Å². The van der Waals surface area contributed by atoms with Crippen molar-refractivity contribution in [1.82, 2.24) is 4.31 Å². The molecule has 1 aromatic rings. The van der Waals surface area contributed by atoms with E-state index in [9.17, 15) is 9.00 Å². The smallest absolute Gasteiger partial charge is 0.318 e. The Hall–Kier alpha value is -1.24. The molecule has 0 fully saturated rings. The number of hydrogen-bond acceptors (Lipinski definition) is 2. The highest BCUT2D eigenvalue weighted by atomic mass is 32.2. The maximum Gasteiger partial charge on any atom is 0.318 e. The minimum absolute atomic E-state index is 0.135. The van der Waals surface area contributed by atoms with Gasteiger partial charge < -0.3 is 5.11 Å². The lowest BCUT2D eigenvalue weighted by Crippen LogP contribution is -2.30. The molecule has 2 N–H and O–H groups in total. The standard InChI is InChI=1S/C11H15NO4S/c1-8-3-4-10(5-9(8)2)6-12(17(15)16)7-11(13)14/h3-5H,6-7H2,1-2H3,(H,13,14)(H,15,16). The van der Waals surface area contributed by atoms with Gasteiger partial charge in [0, 0.05) is 6.54 Å². The zero-order valence-electron chi connectivity index (χ0n) is 9.71. The molecule has 0 aromatic heterocycles. The molecule has 1 rings (SSSR count). The molecular formula is C11H15NO4S. The zero-order valence-corrected chi connectivity index (χ0v) is 10.5. The number of carboxylic acid groups (broad SMARTS) is 1. The third-order valence-electron chi connectivity index (χ3n) is 2.46. The number of rotatable bonds is 5. The van der Waals surface area contributed by atoms with Crippen molar-refractivity contribution in [1.29, 1.82) is 0 Å². The van der Waals surface area contributed by atoms with Crippen LogP contribution in [-0.2, 0) is 22.6 Å². The molecule has 1 aromatic carbocycles. The van der Waals surface area contributed by atoms with Gasteiger partial charge in [-0.05, 0) is 30.5 Å². The molecule has 0 aliphatic carbocycles. The molecule has 0 saturated carbocycles. The van der Waals surface area contributed by atoms with E-state index in [0.29, 0.717) is 0 Å². The van der Waals surface area contributed by atoms with Gasteiger partial charge in [0.25, 0.3) is 0 Å². The number of aryl methyl sites for hydroxylation is 2. The average Bonchev–Trinajstić information content (AvgIpc) is 2.21. The number of carbonyl (C=O) groups is 1. The molecule has 1 atom stereocenters. The van der Waals surface area contributed by atoms with Gasteiger partial charge in [-0.25, -0.2) is 4.21 Å². The van der Waals surface area contributed by atoms with Gasteiger partial charge in [-0.2, -0.15) is 4.31 Å². The highest BCUT2D eigenvalue weighted by Crippen LogP contribution is 2.12. The Kier molecular flexibility index (Phi) is 4.80. The van der Waals surface area contributed by atoms with E-state index in [1.807, 2.05) is 32.0 Å². The van der Waals surface area contributed by atoms with E-state index in [0.717, 1.165) is 21.0 Å². The highest BCUT2D eigenvalue weighted by molar-refractivity contribution is 7.76. The third-order valence-corrected chi connectivity index (χ3v) is 3.16. The van der Waals surface area contributed by atoms with Crippen LogP contribution < -0.4 is 0 Å². The first kappa shape index (κ1) is 13.8. The fraction of sp³-hybridized carbons (Fsp3) is 0.364. The van der Waals surface area contributed by atoms with Crippen LogP contribution in [0, 0.1) is 13.8 Å². The first-order valence-corrected chi connectivity index (χ1v) is 6.10. The monoisotopic (exact) mass is 257 g/mol. The van der Waals surface area contributed by atoms with Crippen molar-refractivity contribution < 1.29 is 18.7 Å². The maximum atomic E-state index is 11.0. The van der Waals surface area contributed by atoms with Crippen LogP contribution in [0.5, 0.6) is 0 Å². The van der Waals surface area contributed by atoms with Gasteiger partial charge in [0.15, 0.2) is 0 Å². The van der Waals surface area contributed by atoms with E-state index < -0.39 is 23.8 Å². The fourth-order valence-electron chi connectivity index (χ4n) is 1.42. The summed E-state index contributed by atoms with van der Waals surface area (Å²) in [5.41, 5.74) is 3.02. The van der Waals surface area contributed by atoms with Crippen LogP contribution in [-0.4, -0.2) is 30.7 Å². The molecule has 0 radical (unpaired) electrons. The van der Waals surface area contributed by atoms with Gasteiger partial charge in [-0.1, -0.05) is 18.2 Å². The second-order valence-corrected chi connectivity index (χ2v) is 4.82. The topological polar surface area (TPSA) is 77.8 Å². The predicted octanol–water partition coefficient (Wildman–Crippen LogP) is 1.33. The Labute approximate surface area is 102 Å². The summed E-state index contributed by atoms with van der Waals surface area (Å²) in [5.74, 6) is -1.13. The second-order valence-electron chi connectivity index (χ2n) is 3.84. The van der Waals surface area contributed by atoms with Gasteiger partial charge in [0.05, 0.1) is 0 Å². The van der Waals surface area contributed by atoms with Crippen molar-refractivity contribution in [2.45, 2.75) is 20.4 Å². The number of carboxylic acids is 1. The van der Waals surface area contributed by atoms with Gasteiger partial charge in [0.2, 0.25) is 11.3 Å². The predicted molar refractivity (Wildman–Crippen MR) is 64.7 cm³/mol. The Morgan fingerprint density at radius 2 is 2.00 bits per heavy atom. The molecule has 0 aliphatic rings. The Morgan fingerprint density at radius 3 is 2.47 bits per heavy atom. The summed E-state index contributed by atoms with van der Waals surface area (Å²) in [6.07, 6.45) is 0. The Morgan fingerprint density at radius 1 is 1.35 bits per heavy atom. The molecule has 17 heavy (non-hydrogen) atoms. The van der Waals surface area contributed by atoms with E-state index in [4.69, 9.17) is 9.66 Å². The van der Waals surface area contributed by atoms with E-state index >= 15 is 0 Å². The quantitative estimate of drug-likeness (QED) is 0.780. The third kappa shape index (κ3) is 4.26. The molecular weight excluding hydrogens is 242 g/mol. The first-order chi connectivity index (χ1) is 7.90. The lowest BCUT2D eigenvalue weighted by Gasteiger charge is -2.15. The van der Waals surface area contributed by atoms with Gasteiger partial charge in [-0.15, -0.1) is 0 Å². The number of benzene rings is 1.